The maximum absolute atomic E-state index is 14.5. The largest absolute Gasteiger partial charge is 0.512 e. The van der Waals surface area contributed by atoms with E-state index in [0.29, 0.717) is 68.7 Å². The number of pyridine rings is 1. The van der Waals surface area contributed by atoms with E-state index in [9.17, 15) is 46.1 Å². The Hall–Kier alpha value is -6.06. The van der Waals surface area contributed by atoms with Crippen LogP contribution in [-0.2, 0) is 28.4 Å². The predicted octanol–water partition coefficient (Wildman–Crippen LogP) is 9.51. The van der Waals surface area contributed by atoms with E-state index in [0.717, 1.165) is 16.0 Å². The number of aliphatic hydroxyl groups excluding tert-OH is 1. The summed E-state index contributed by atoms with van der Waals surface area (Å²) in [7, 11) is 1.23. The van der Waals surface area contributed by atoms with Crippen LogP contribution in [0.25, 0.3) is 44.1 Å². The Balaban J connectivity index is 1.67. The van der Waals surface area contributed by atoms with Crippen molar-refractivity contribution in [2.45, 2.75) is 91.5 Å². The van der Waals surface area contributed by atoms with Crippen LogP contribution in [0.3, 0.4) is 0 Å². The highest BCUT2D eigenvalue weighted by molar-refractivity contribution is 6.09. The number of allylic oxidation sites excluding steroid dienone is 4. The van der Waals surface area contributed by atoms with Crippen LogP contribution in [0, 0.1) is 6.92 Å². The first-order valence-electron chi connectivity index (χ1n) is 18.9. The third-order valence-electron chi connectivity index (χ3n) is 11.6. The summed E-state index contributed by atoms with van der Waals surface area (Å²) < 4.78 is 89.4. The molecule has 2 atom stereocenters. The molecule has 59 heavy (non-hydrogen) atoms. The van der Waals surface area contributed by atoms with Gasteiger partial charge < -0.3 is 24.9 Å². The second-order valence-electron chi connectivity index (χ2n) is 15.2. The number of aromatic amines is 2. The van der Waals surface area contributed by atoms with E-state index in [4.69, 9.17) is 14.7 Å². The summed E-state index contributed by atoms with van der Waals surface area (Å²) in [5, 5.41) is 23.5. The van der Waals surface area contributed by atoms with Crippen molar-refractivity contribution >= 4 is 50.1 Å². The molecule has 0 saturated heterocycles. The van der Waals surface area contributed by atoms with Gasteiger partial charge >= 0.3 is 18.3 Å². The number of rotatable bonds is 6. The molecule has 16 heteroatoms. The Bertz CT molecular complexity index is 2800. The highest BCUT2D eigenvalue weighted by Crippen LogP contribution is 2.43. The number of carbonyl (C=O) groups excluding carboxylic acids is 1. The molecule has 0 amide bonds. The minimum atomic E-state index is -5.15. The van der Waals surface area contributed by atoms with Crippen LogP contribution in [0.2, 0.25) is 0 Å². The molecule has 4 aromatic rings. The van der Waals surface area contributed by atoms with E-state index in [2.05, 4.69) is 16.9 Å². The first-order valence-corrected chi connectivity index (χ1v) is 18.9. The fourth-order valence-corrected chi connectivity index (χ4v) is 8.41. The second-order valence-corrected chi connectivity index (χ2v) is 15.2. The molecule has 4 N–H and O–H groups in total. The van der Waals surface area contributed by atoms with Gasteiger partial charge in [0.25, 0.3) is 5.56 Å². The molecule has 1 aromatic carbocycles. The molecule has 7 rings (SSSR count). The maximum Gasteiger partial charge on any atom is 0.416 e. The summed E-state index contributed by atoms with van der Waals surface area (Å²) >= 11 is 0. The molecule has 3 aromatic heterocycles. The van der Waals surface area contributed by atoms with Gasteiger partial charge in [0.1, 0.15) is 0 Å². The lowest BCUT2D eigenvalue weighted by Crippen LogP contribution is -2.22. The van der Waals surface area contributed by atoms with Gasteiger partial charge in [-0.3, -0.25) is 14.2 Å². The van der Waals surface area contributed by atoms with Crippen molar-refractivity contribution in [2.75, 3.05) is 7.11 Å². The zero-order valence-electron chi connectivity index (χ0n) is 33.2. The number of fused-ring (bicyclic) bond motifs is 8. The van der Waals surface area contributed by atoms with Gasteiger partial charge in [-0.2, -0.15) is 26.3 Å². The number of H-pyrrole nitrogens is 2. The highest BCUT2D eigenvalue weighted by Gasteiger charge is 2.37. The summed E-state index contributed by atoms with van der Waals surface area (Å²) in [6.45, 7) is 9.97. The summed E-state index contributed by atoms with van der Waals surface area (Å²) in [5.74, 6) is -1.35. The Morgan fingerprint density at radius 3 is 2.15 bits per heavy atom. The number of aliphatic hydroxyl groups is 1. The quantitative estimate of drug-likeness (QED) is 0.0861. The van der Waals surface area contributed by atoms with E-state index in [1.807, 2.05) is 19.1 Å². The van der Waals surface area contributed by atoms with E-state index >= 15 is 0 Å². The normalized spacial score (nSPS) is 17.5. The van der Waals surface area contributed by atoms with Gasteiger partial charge in [0.15, 0.2) is 0 Å². The molecule has 0 radical (unpaired) electrons. The predicted molar refractivity (Wildman–Crippen MR) is 211 cm³/mol. The van der Waals surface area contributed by atoms with Crippen molar-refractivity contribution in [1.82, 2.24) is 24.5 Å². The van der Waals surface area contributed by atoms with Crippen molar-refractivity contribution in [3.05, 3.63) is 109 Å². The SMILES string of the molecule is CC[C@H]1c2cc3[nH]c4c(c5nc(cc6nc(cc([nH]2)[C@@H]1C)C(=C(C)O)C=6C)C(C)=C5CCC(=O)OC)c(O)n(Cc1cc(C(F)(F)F)cc(C(F)(F)F)c1)c(=O)c4c3C. The molecule has 3 aliphatic heterocycles. The number of hydrogen-bond donors (Lipinski definition) is 4. The van der Waals surface area contributed by atoms with Gasteiger partial charge in [-0.05, 0) is 105 Å². The smallest absolute Gasteiger partial charge is 0.416 e. The molecule has 3 aliphatic rings. The number of methoxy groups -OCH3 is 1. The number of aromatic hydroxyl groups is 1. The zero-order valence-corrected chi connectivity index (χ0v) is 33.2. The number of ether oxygens (including phenoxy) is 1. The number of hydrogen-bond acceptors (Lipinski definition) is 7. The van der Waals surface area contributed by atoms with E-state index in [1.54, 1.807) is 33.8 Å². The fraction of sp³-hybridized carbons (Fsp3) is 0.349. The average molecular weight is 822 g/mol. The second kappa shape index (κ2) is 14.6. The first kappa shape index (κ1) is 41.1. The van der Waals surface area contributed by atoms with Crippen molar-refractivity contribution in [3.8, 4) is 5.88 Å². The fourth-order valence-electron chi connectivity index (χ4n) is 8.41. The molecular weight excluding hydrogens is 780 g/mol. The van der Waals surface area contributed by atoms with Gasteiger partial charge in [0, 0.05) is 40.7 Å². The molecule has 0 aliphatic carbocycles. The molecule has 8 bridgehead atoms. The van der Waals surface area contributed by atoms with Crippen LogP contribution < -0.4 is 10.9 Å². The van der Waals surface area contributed by atoms with Crippen LogP contribution in [0.4, 0.5) is 26.3 Å². The summed E-state index contributed by atoms with van der Waals surface area (Å²) in [6.07, 6.45) is -9.69. The van der Waals surface area contributed by atoms with Crippen LogP contribution in [0.5, 0.6) is 5.88 Å². The van der Waals surface area contributed by atoms with Crippen molar-refractivity contribution in [3.63, 3.8) is 0 Å². The monoisotopic (exact) mass is 821 g/mol. The highest BCUT2D eigenvalue weighted by atomic mass is 19.4. The standard InChI is InChI=1S/C43H41F6N5O5/c1-8-26-18(2)28-16-33-35(22(6)55)20(4)30(51-33)14-29-19(3)27(9-10-34(56)59-7)38(52-29)37-39-36(21(5)31(53-39)15-32(26)50-28)40(57)54(41(37)58)17-23-11-24(42(44,45)46)13-25(12-23)43(47,48)49/h11-16,18,26,50,53,55,58H,8-10,17H2,1-7H3/t18-,26-/m1/s1. The number of esters is 1. The van der Waals surface area contributed by atoms with Crippen molar-refractivity contribution in [1.29, 1.82) is 0 Å². The van der Waals surface area contributed by atoms with E-state index in [1.165, 1.54) is 7.11 Å². The van der Waals surface area contributed by atoms with Crippen LogP contribution in [-0.4, -0.2) is 47.8 Å². The number of carbonyl (C=O) groups is 1. The summed E-state index contributed by atoms with van der Waals surface area (Å²) in [4.78, 5) is 43.7. The number of aromatic nitrogens is 5. The van der Waals surface area contributed by atoms with Gasteiger partial charge in [0.05, 0.1) is 69.3 Å². The molecule has 0 fully saturated rings. The van der Waals surface area contributed by atoms with Crippen LogP contribution in [0.1, 0.15) is 116 Å². The lowest BCUT2D eigenvalue weighted by molar-refractivity contribution is -0.143. The average Bonchev–Trinajstić information content (AvgIpc) is 3.84. The molecule has 310 valence electrons. The molecule has 10 nitrogen and oxygen atoms in total. The van der Waals surface area contributed by atoms with Crippen LogP contribution >= 0.6 is 0 Å². The third kappa shape index (κ3) is 7.11. The van der Waals surface area contributed by atoms with Gasteiger partial charge in [-0.1, -0.05) is 13.8 Å². The number of nitrogens with zero attached hydrogens (tertiary/aromatic N) is 3. The minimum Gasteiger partial charge on any atom is -0.512 e. The number of nitrogens with one attached hydrogen (secondary N) is 2. The Morgan fingerprint density at radius 1 is 0.898 bits per heavy atom. The van der Waals surface area contributed by atoms with Crippen molar-refractivity contribution in [2.24, 2.45) is 0 Å². The molecule has 0 saturated carbocycles. The molecule has 6 heterocycles. The molecular formula is C43H41F6N5O5. The molecule has 0 spiro atoms. The van der Waals surface area contributed by atoms with Crippen molar-refractivity contribution < 1.29 is 46.1 Å². The summed E-state index contributed by atoms with van der Waals surface area (Å²) in [6, 6.07) is 6.44. The lowest BCUT2D eigenvalue weighted by Gasteiger charge is -2.17. The van der Waals surface area contributed by atoms with E-state index < -0.39 is 53.0 Å². The summed E-state index contributed by atoms with van der Waals surface area (Å²) in [5.41, 5.74) is 1.19. The van der Waals surface area contributed by atoms with Gasteiger partial charge in [-0.25, -0.2) is 9.97 Å². The van der Waals surface area contributed by atoms with Gasteiger partial charge in [-0.15, -0.1) is 0 Å². The Morgan fingerprint density at radius 2 is 1.56 bits per heavy atom. The van der Waals surface area contributed by atoms with Crippen LogP contribution in [0.15, 0.2) is 47.0 Å². The zero-order chi connectivity index (χ0) is 43.0. The number of benzene rings is 1. The first-order chi connectivity index (χ1) is 27.6. The minimum absolute atomic E-state index is 0.00655. The maximum atomic E-state index is 14.5. The number of halogens is 6. The third-order valence-corrected chi connectivity index (χ3v) is 11.6. The number of aryl methyl sites for hydroxylation is 1. The Labute approximate surface area is 333 Å². The lowest BCUT2D eigenvalue weighted by atomic mass is 9.89. The number of alkyl halides is 6. The van der Waals surface area contributed by atoms with Gasteiger partial charge in [0.2, 0.25) is 5.88 Å². The Kier molecular flexibility index (Phi) is 10.2. The molecule has 0 unspecified atom stereocenters. The van der Waals surface area contributed by atoms with E-state index in [-0.39, 0.29) is 58.5 Å². The topological polar surface area (TPSA) is 146 Å².